The molecule has 1 aromatic carbocycles. The minimum atomic E-state index is -0.404. The number of nitrogens with one attached hydrogen (secondary N) is 3. The third-order valence-corrected chi connectivity index (χ3v) is 3.51. The van der Waals surface area contributed by atoms with Crippen LogP contribution >= 0.6 is 0 Å². The normalized spacial score (nSPS) is 10.5. The third-order valence-electron chi connectivity index (χ3n) is 3.51. The van der Waals surface area contributed by atoms with Crippen LogP contribution in [0.2, 0.25) is 0 Å². The quantitative estimate of drug-likeness (QED) is 0.661. The lowest BCUT2D eigenvalue weighted by molar-refractivity contribution is 0.0952. The number of rotatable bonds is 5. The molecule has 0 atom stereocenters. The average molecular weight is 323 g/mol. The van der Waals surface area contributed by atoms with Gasteiger partial charge in [-0.3, -0.25) is 14.7 Å². The van der Waals surface area contributed by atoms with Crippen molar-refractivity contribution in [3.63, 3.8) is 0 Å². The van der Waals surface area contributed by atoms with Crippen LogP contribution in [0.15, 0.2) is 47.3 Å². The van der Waals surface area contributed by atoms with Crippen LogP contribution in [0.3, 0.4) is 0 Å². The topological polar surface area (TPSA) is 104 Å². The lowest BCUT2D eigenvalue weighted by Crippen LogP contribution is -2.31. The molecule has 2 aromatic heterocycles. The number of benzene rings is 1. The molecule has 7 nitrogen and oxygen atoms in total. The van der Waals surface area contributed by atoms with Gasteiger partial charge in [0.1, 0.15) is 11.4 Å². The van der Waals surface area contributed by atoms with Gasteiger partial charge in [0.25, 0.3) is 11.5 Å². The van der Waals surface area contributed by atoms with Crippen molar-refractivity contribution >= 4 is 5.91 Å². The fourth-order valence-corrected chi connectivity index (χ4v) is 2.26. The van der Waals surface area contributed by atoms with E-state index in [9.17, 15) is 9.59 Å². The molecule has 0 radical (unpaired) electrons. The Morgan fingerprint density at radius 2 is 1.96 bits per heavy atom. The Bertz CT molecular complexity index is 899. The smallest absolute Gasteiger partial charge is 0.260 e. The second-order valence-corrected chi connectivity index (χ2v) is 5.36. The molecule has 0 saturated heterocycles. The molecule has 0 aliphatic rings. The molecule has 0 saturated carbocycles. The molecule has 3 N–H and O–H groups in total. The molecule has 24 heavy (non-hydrogen) atoms. The Hall–Kier alpha value is -3.22. The molecule has 0 aliphatic heterocycles. The number of aromatic nitrogens is 4. The summed E-state index contributed by atoms with van der Waals surface area (Å²) in [7, 11) is 0. The van der Waals surface area contributed by atoms with Gasteiger partial charge in [0.2, 0.25) is 0 Å². The van der Waals surface area contributed by atoms with Gasteiger partial charge in [-0.15, -0.1) is 0 Å². The highest BCUT2D eigenvalue weighted by Crippen LogP contribution is 2.13. The molecule has 0 unspecified atom stereocenters. The molecule has 0 spiro atoms. The first-order chi connectivity index (χ1) is 11.6. The van der Waals surface area contributed by atoms with Gasteiger partial charge in [-0.05, 0) is 19.1 Å². The van der Waals surface area contributed by atoms with Crippen molar-refractivity contribution in [3.05, 3.63) is 69.9 Å². The van der Waals surface area contributed by atoms with E-state index in [1.165, 1.54) is 6.07 Å². The van der Waals surface area contributed by atoms with E-state index >= 15 is 0 Å². The highest BCUT2D eigenvalue weighted by atomic mass is 16.2. The van der Waals surface area contributed by atoms with Gasteiger partial charge in [0.15, 0.2) is 5.82 Å². The number of H-pyrrole nitrogens is 2. The van der Waals surface area contributed by atoms with Crippen LogP contribution < -0.4 is 10.9 Å². The highest BCUT2D eigenvalue weighted by Gasteiger charge is 2.10. The zero-order valence-electron chi connectivity index (χ0n) is 13.2. The number of carbonyl (C=O) groups is 1. The van der Waals surface area contributed by atoms with Gasteiger partial charge >= 0.3 is 0 Å². The van der Waals surface area contributed by atoms with Gasteiger partial charge in [0, 0.05) is 24.2 Å². The fraction of sp³-hybridized carbons (Fsp3) is 0.176. The summed E-state index contributed by atoms with van der Waals surface area (Å²) < 4.78 is 0. The van der Waals surface area contributed by atoms with Crippen LogP contribution in [0.25, 0.3) is 11.4 Å². The van der Waals surface area contributed by atoms with Crippen molar-refractivity contribution in [1.29, 1.82) is 0 Å². The van der Waals surface area contributed by atoms with E-state index in [4.69, 9.17) is 0 Å². The summed E-state index contributed by atoms with van der Waals surface area (Å²) in [6, 6.07) is 12.8. The van der Waals surface area contributed by atoms with Crippen molar-refractivity contribution in [3.8, 4) is 11.4 Å². The molecule has 1 amide bonds. The van der Waals surface area contributed by atoms with E-state index in [-0.39, 0.29) is 5.56 Å². The molecule has 7 heteroatoms. The summed E-state index contributed by atoms with van der Waals surface area (Å²) in [5.74, 6) is 0.887. The minimum absolute atomic E-state index is 0.100. The van der Waals surface area contributed by atoms with Gasteiger partial charge in [-0.25, -0.2) is 4.98 Å². The van der Waals surface area contributed by atoms with E-state index in [1.54, 1.807) is 13.0 Å². The molecular formula is C17H17N5O2. The number of aryl methyl sites for hydroxylation is 1. The number of amides is 1. The van der Waals surface area contributed by atoms with Crippen molar-refractivity contribution in [2.75, 3.05) is 6.54 Å². The number of hydrogen-bond donors (Lipinski definition) is 3. The van der Waals surface area contributed by atoms with E-state index < -0.39 is 11.5 Å². The number of hydrogen-bond acceptors (Lipinski definition) is 4. The molecule has 0 fully saturated rings. The fourth-order valence-electron chi connectivity index (χ4n) is 2.26. The lowest BCUT2D eigenvalue weighted by atomic mass is 10.2. The number of pyridine rings is 1. The largest absolute Gasteiger partial charge is 0.351 e. The predicted molar refractivity (Wildman–Crippen MR) is 89.7 cm³/mol. The van der Waals surface area contributed by atoms with Crippen LogP contribution in [-0.4, -0.2) is 32.6 Å². The van der Waals surface area contributed by atoms with Gasteiger partial charge in [-0.2, -0.15) is 5.10 Å². The summed E-state index contributed by atoms with van der Waals surface area (Å²) in [6.45, 7) is 2.12. The van der Waals surface area contributed by atoms with Gasteiger partial charge < -0.3 is 10.3 Å². The minimum Gasteiger partial charge on any atom is -0.351 e. The van der Waals surface area contributed by atoms with Gasteiger partial charge in [0.05, 0.1) is 0 Å². The third kappa shape index (κ3) is 3.57. The maximum absolute atomic E-state index is 12.0. The molecule has 2 heterocycles. The molecule has 122 valence electrons. The number of nitrogens with zero attached hydrogens (tertiary/aromatic N) is 2. The Kier molecular flexibility index (Phi) is 4.51. The predicted octanol–water partition coefficient (Wildman–Crippen LogP) is 1.44. The SMILES string of the molecule is Cc1ccc(C(=O)NCCc2nc(-c3ccccc3)n[nH]2)c(=O)[nH]1. The number of aromatic amines is 2. The summed E-state index contributed by atoms with van der Waals surface area (Å²) in [5.41, 5.74) is 1.35. The van der Waals surface area contributed by atoms with Crippen LogP contribution in [0.1, 0.15) is 21.9 Å². The number of carbonyl (C=O) groups excluding carboxylic acids is 1. The highest BCUT2D eigenvalue weighted by molar-refractivity contribution is 5.93. The second-order valence-electron chi connectivity index (χ2n) is 5.36. The summed E-state index contributed by atoms with van der Waals surface area (Å²) in [5, 5.41) is 9.73. The first kappa shape index (κ1) is 15.7. The van der Waals surface area contributed by atoms with Crippen LogP contribution in [0.4, 0.5) is 0 Å². The summed E-state index contributed by atoms with van der Waals surface area (Å²) in [6.07, 6.45) is 0.495. The van der Waals surface area contributed by atoms with E-state index in [0.717, 1.165) is 5.56 Å². The van der Waals surface area contributed by atoms with Gasteiger partial charge in [-0.1, -0.05) is 30.3 Å². The lowest BCUT2D eigenvalue weighted by Gasteiger charge is -2.03. The zero-order chi connectivity index (χ0) is 16.9. The molecule has 3 aromatic rings. The van der Waals surface area contributed by atoms with Crippen molar-refractivity contribution in [1.82, 2.24) is 25.5 Å². The van der Waals surface area contributed by atoms with Crippen LogP contribution in [-0.2, 0) is 6.42 Å². The van der Waals surface area contributed by atoms with Crippen molar-refractivity contribution < 1.29 is 4.79 Å². The van der Waals surface area contributed by atoms with E-state index in [1.807, 2.05) is 30.3 Å². The monoisotopic (exact) mass is 323 g/mol. The zero-order valence-corrected chi connectivity index (χ0v) is 13.2. The Balaban J connectivity index is 1.58. The van der Waals surface area contributed by atoms with E-state index in [2.05, 4.69) is 25.5 Å². The Labute approximate surface area is 138 Å². The van der Waals surface area contributed by atoms with E-state index in [0.29, 0.717) is 30.3 Å². The molecule has 0 aliphatic carbocycles. The first-order valence-electron chi connectivity index (χ1n) is 7.58. The summed E-state index contributed by atoms with van der Waals surface area (Å²) >= 11 is 0. The average Bonchev–Trinajstić information content (AvgIpc) is 3.04. The van der Waals surface area contributed by atoms with Crippen molar-refractivity contribution in [2.45, 2.75) is 13.3 Å². The standard InChI is InChI=1S/C17H17N5O2/c1-11-7-8-13(17(24)19-11)16(23)18-10-9-14-20-15(22-21-14)12-5-3-2-4-6-12/h2-8H,9-10H2,1H3,(H,18,23)(H,19,24)(H,20,21,22). The Morgan fingerprint density at radius 1 is 1.17 bits per heavy atom. The first-order valence-corrected chi connectivity index (χ1v) is 7.58. The van der Waals surface area contributed by atoms with Crippen LogP contribution in [0, 0.1) is 6.92 Å². The van der Waals surface area contributed by atoms with Crippen LogP contribution in [0.5, 0.6) is 0 Å². The maximum Gasteiger partial charge on any atom is 0.260 e. The second kappa shape index (κ2) is 6.91. The molecule has 3 rings (SSSR count). The Morgan fingerprint density at radius 3 is 2.71 bits per heavy atom. The molecule has 0 bridgehead atoms. The van der Waals surface area contributed by atoms with Crippen molar-refractivity contribution in [2.24, 2.45) is 0 Å². The maximum atomic E-state index is 12.0. The molecular weight excluding hydrogens is 306 g/mol. The summed E-state index contributed by atoms with van der Waals surface area (Å²) in [4.78, 5) is 30.7.